The molecule has 7 heteroatoms. The smallest absolute Gasteiger partial charge is 0.255 e. The maximum Gasteiger partial charge on any atom is 0.255 e. The number of β-amino-alcohol motifs (C(OH)–C–C–N with tert-alkyl or cyclic N) is 1. The largest absolute Gasteiger partial charge is 0.493 e. The van der Waals surface area contributed by atoms with Gasteiger partial charge in [0.25, 0.3) is 5.91 Å². The Morgan fingerprint density at radius 1 is 1.33 bits per heavy atom. The average molecular weight is 378 g/mol. The standard InChI is InChI=1S/C20H30N2O5/c1-3-4-8-22-9-7-14(16(23)13-22)12-21-20(24)15-5-6-17(25-2)19-18(15)26-10-11-27-19/h5-6,14,16,23H,3-4,7-13H2,1-2H3,(H,21,24). The normalized spacial score (nSPS) is 22.3. The maximum absolute atomic E-state index is 12.7. The second kappa shape index (κ2) is 9.28. The number of amides is 1. The van der Waals surface area contributed by atoms with Gasteiger partial charge in [0, 0.05) is 19.0 Å². The van der Waals surface area contributed by atoms with Crippen LogP contribution in [0.3, 0.4) is 0 Å². The van der Waals surface area contributed by atoms with Crippen molar-refractivity contribution in [1.82, 2.24) is 10.2 Å². The van der Waals surface area contributed by atoms with Gasteiger partial charge in [0.1, 0.15) is 13.2 Å². The van der Waals surface area contributed by atoms with Crippen molar-refractivity contribution in [2.75, 3.05) is 46.5 Å². The molecule has 0 aromatic heterocycles. The number of benzene rings is 1. The molecule has 1 saturated heterocycles. The number of hydrogen-bond acceptors (Lipinski definition) is 6. The Bertz CT molecular complexity index is 652. The first-order chi connectivity index (χ1) is 13.1. The predicted molar refractivity (Wildman–Crippen MR) is 102 cm³/mol. The first-order valence-electron chi connectivity index (χ1n) is 9.79. The number of carbonyl (C=O) groups is 1. The molecule has 2 unspecified atom stereocenters. The van der Waals surface area contributed by atoms with Crippen LogP contribution in [0.2, 0.25) is 0 Å². The molecule has 1 aromatic rings. The quantitative estimate of drug-likeness (QED) is 0.751. The Balaban J connectivity index is 1.59. The number of nitrogens with zero attached hydrogens (tertiary/aromatic N) is 1. The van der Waals surface area contributed by atoms with Crippen molar-refractivity contribution >= 4 is 5.91 Å². The Morgan fingerprint density at radius 2 is 2.11 bits per heavy atom. The van der Waals surface area contributed by atoms with E-state index >= 15 is 0 Å². The van der Waals surface area contributed by atoms with Gasteiger partial charge in [0.05, 0.1) is 18.8 Å². The number of methoxy groups -OCH3 is 1. The second-order valence-corrected chi connectivity index (χ2v) is 7.15. The summed E-state index contributed by atoms with van der Waals surface area (Å²) in [6.07, 6.45) is 2.77. The van der Waals surface area contributed by atoms with Crippen LogP contribution in [0.15, 0.2) is 12.1 Å². The van der Waals surface area contributed by atoms with Crippen LogP contribution in [0.5, 0.6) is 17.2 Å². The van der Waals surface area contributed by atoms with Gasteiger partial charge in [0.15, 0.2) is 11.5 Å². The number of likely N-dealkylation sites (tertiary alicyclic amines) is 1. The summed E-state index contributed by atoms with van der Waals surface area (Å²) >= 11 is 0. The second-order valence-electron chi connectivity index (χ2n) is 7.15. The molecular formula is C20H30N2O5. The van der Waals surface area contributed by atoms with Crippen molar-refractivity contribution in [2.45, 2.75) is 32.3 Å². The lowest BCUT2D eigenvalue weighted by molar-refractivity contribution is 0.0217. The molecule has 27 heavy (non-hydrogen) atoms. The summed E-state index contributed by atoms with van der Waals surface area (Å²) in [5.41, 5.74) is 0.431. The molecule has 1 fully saturated rings. The number of hydrogen-bond donors (Lipinski definition) is 2. The third-order valence-electron chi connectivity index (χ3n) is 5.27. The van der Waals surface area contributed by atoms with Crippen LogP contribution in [0.4, 0.5) is 0 Å². The molecule has 2 atom stereocenters. The number of unbranched alkanes of at least 4 members (excludes halogenated alkanes) is 1. The number of piperidine rings is 1. The third-order valence-corrected chi connectivity index (χ3v) is 5.27. The van der Waals surface area contributed by atoms with E-state index in [0.29, 0.717) is 49.1 Å². The van der Waals surface area contributed by atoms with Gasteiger partial charge in [0.2, 0.25) is 5.75 Å². The molecular weight excluding hydrogens is 348 g/mol. The van der Waals surface area contributed by atoms with E-state index < -0.39 is 6.10 Å². The van der Waals surface area contributed by atoms with E-state index in [9.17, 15) is 9.90 Å². The Morgan fingerprint density at radius 3 is 2.81 bits per heavy atom. The number of aliphatic hydroxyl groups is 1. The molecule has 2 aliphatic heterocycles. The average Bonchev–Trinajstić information content (AvgIpc) is 2.70. The number of aliphatic hydroxyl groups excluding tert-OH is 1. The number of rotatable bonds is 7. The molecule has 3 rings (SSSR count). The summed E-state index contributed by atoms with van der Waals surface area (Å²) in [7, 11) is 1.56. The van der Waals surface area contributed by atoms with Crippen molar-refractivity contribution in [1.29, 1.82) is 0 Å². The summed E-state index contributed by atoms with van der Waals surface area (Å²) in [5, 5.41) is 13.4. The number of carbonyl (C=O) groups excluding carboxylic acids is 1. The van der Waals surface area contributed by atoms with E-state index in [2.05, 4.69) is 17.1 Å². The zero-order chi connectivity index (χ0) is 19.2. The molecule has 7 nitrogen and oxygen atoms in total. The maximum atomic E-state index is 12.7. The van der Waals surface area contributed by atoms with Crippen LogP contribution in [-0.4, -0.2) is 68.5 Å². The summed E-state index contributed by atoms with van der Waals surface area (Å²) in [5.74, 6) is 1.29. The molecule has 2 aliphatic rings. The van der Waals surface area contributed by atoms with Gasteiger partial charge in [-0.3, -0.25) is 4.79 Å². The summed E-state index contributed by atoms with van der Waals surface area (Å²) in [6, 6.07) is 3.40. The fourth-order valence-corrected chi connectivity index (χ4v) is 3.64. The first kappa shape index (κ1) is 19.8. The number of fused-ring (bicyclic) bond motifs is 1. The number of nitrogens with one attached hydrogen (secondary N) is 1. The first-order valence-corrected chi connectivity index (χ1v) is 9.79. The zero-order valence-electron chi connectivity index (χ0n) is 16.2. The van der Waals surface area contributed by atoms with Gasteiger partial charge in [-0.15, -0.1) is 0 Å². The minimum Gasteiger partial charge on any atom is -0.493 e. The molecule has 0 saturated carbocycles. The van der Waals surface area contributed by atoms with Gasteiger partial charge in [-0.05, 0) is 38.1 Å². The van der Waals surface area contributed by atoms with Gasteiger partial charge in [-0.25, -0.2) is 0 Å². The lowest BCUT2D eigenvalue weighted by Crippen LogP contribution is -2.47. The molecule has 0 radical (unpaired) electrons. The highest BCUT2D eigenvalue weighted by Gasteiger charge is 2.29. The van der Waals surface area contributed by atoms with E-state index in [-0.39, 0.29) is 11.8 Å². The van der Waals surface area contributed by atoms with Crippen molar-refractivity contribution < 1.29 is 24.1 Å². The van der Waals surface area contributed by atoms with E-state index in [1.165, 1.54) is 0 Å². The molecule has 0 bridgehead atoms. The highest BCUT2D eigenvalue weighted by molar-refractivity contribution is 5.98. The van der Waals surface area contributed by atoms with Crippen LogP contribution in [0, 0.1) is 5.92 Å². The lowest BCUT2D eigenvalue weighted by Gasteiger charge is -2.36. The van der Waals surface area contributed by atoms with Crippen LogP contribution in [-0.2, 0) is 0 Å². The van der Waals surface area contributed by atoms with E-state index in [0.717, 1.165) is 32.4 Å². The molecule has 150 valence electrons. The van der Waals surface area contributed by atoms with E-state index in [4.69, 9.17) is 14.2 Å². The fourth-order valence-electron chi connectivity index (χ4n) is 3.64. The minimum absolute atomic E-state index is 0.0677. The topological polar surface area (TPSA) is 80.3 Å². The van der Waals surface area contributed by atoms with Crippen LogP contribution in [0.1, 0.15) is 36.5 Å². The van der Waals surface area contributed by atoms with Crippen molar-refractivity contribution in [3.63, 3.8) is 0 Å². The van der Waals surface area contributed by atoms with Gasteiger partial charge in [-0.2, -0.15) is 0 Å². The van der Waals surface area contributed by atoms with Crippen molar-refractivity contribution in [3.8, 4) is 17.2 Å². The zero-order valence-corrected chi connectivity index (χ0v) is 16.2. The van der Waals surface area contributed by atoms with Crippen molar-refractivity contribution in [2.24, 2.45) is 5.92 Å². The summed E-state index contributed by atoms with van der Waals surface area (Å²) in [6.45, 7) is 6.12. The molecule has 2 heterocycles. The number of ether oxygens (including phenoxy) is 3. The lowest BCUT2D eigenvalue weighted by atomic mass is 9.93. The third kappa shape index (κ3) is 4.65. The van der Waals surface area contributed by atoms with Gasteiger partial charge in [-0.1, -0.05) is 13.3 Å². The molecule has 0 spiro atoms. The molecule has 2 N–H and O–H groups in total. The Hall–Kier alpha value is -1.99. The summed E-state index contributed by atoms with van der Waals surface area (Å²) < 4.78 is 16.6. The monoisotopic (exact) mass is 378 g/mol. The van der Waals surface area contributed by atoms with Gasteiger partial charge >= 0.3 is 0 Å². The van der Waals surface area contributed by atoms with E-state index in [1.54, 1.807) is 19.2 Å². The van der Waals surface area contributed by atoms with Crippen LogP contribution < -0.4 is 19.5 Å². The minimum atomic E-state index is -0.416. The molecule has 1 aromatic carbocycles. The Kier molecular flexibility index (Phi) is 6.79. The Labute approximate surface area is 160 Å². The SMILES string of the molecule is CCCCN1CCC(CNC(=O)c2ccc(OC)c3c2OCCO3)C(O)C1. The highest BCUT2D eigenvalue weighted by Crippen LogP contribution is 2.41. The highest BCUT2D eigenvalue weighted by atomic mass is 16.6. The van der Waals surface area contributed by atoms with Crippen LogP contribution >= 0.6 is 0 Å². The van der Waals surface area contributed by atoms with Crippen LogP contribution in [0.25, 0.3) is 0 Å². The summed E-state index contributed by atoms with van der Waals surface area (Å²) in [4.78, 5) is 15.0. The molecule has 0 aliphatic carbocycles. The van der Waals surface area contributed by atoms with Crippen molar-refractivity contribution in [3.05, 3.63) is 17.7 Å². The van der Waals surface area contributed by atoms with Gasteiger partial charge < -0.3 is 29.5 Å². The van der Waals surface area contributed by atoms with E-state index in [1.807, 2.05) is 0 Å². The fraction of sp³-hybridized carbons (Fsp3) is 0.650. The predicted octanol–water partition coefficient (Wildman–Crippen LogP) is 1.68. The molecule has 1 amide bonds.